The lowest BCUT2D eigenvalue weighted by molar-refractivity contribution is -0.266. The molecule has 17 heteroatoms. The predicted octanol–water partition coefficient (Wildman–Crippen LogP) is 6.29. The molecule has 76 heavy (non-hydrogen) atoms. The first-order valence-corrected chi connectivity index (χ1v) is 28.4. The topological polar surface area (TPSA) is 217 Å². The molecule has 2 bridgehead atoms. The molecule has 3 N–H and O–H groups in total. The number of carbonyl (C=O) groups excluding carboxylic acids is 5. The number of nitrogens with zero attached hydrogens (tertiary/aromatic N) is 2. The number of carbonyl (C=O) groups is 5. The summed E-state index contributed by atoms with van der Waals surface area (Å²) in [7, 11) is 3.08. The van der Waals surface area contributed by atoms with Gasteiger partial charge in [0.05, 0.1) is 50.8 Å². The molecule has 430 valence electrons. The first-order chi connectivity index (χ1) is 36.3. The molecule has 3 saturated heterocycles. The highest BCUT2D eigenvalue weighted by atomic mass is 16.6. The van der Waals surface area contributed by atoms with Crippen LogP contribution in [-0.4, -0.2) is 182 Å². The van der Waals surface area contributed by atoms with E-state index in [1.807, 2.05) is 58.1 Å². The molecule has 0 aromatic carbocycles. The van der Waals surface area contributed by atoms with E-state index in [9.17, 15) is 39.3 Å². The summed E-state index contributed by atoms with van der Waals surface area (Å²) in [6, 6.07) is -1.16. The SMILES string of the molecule is CO[C@@H]1C[C@H](C[C@@H](C)[C@@H]2CC(=O)[C@H](C)/C=C(\C)[C@@H](O)[C@@H](OC)C(=O)[C@H](C)C[C@H](C)/C=C/C=C/C=C(\C)C(OCCO)C[C@@H]3CC[C@@H](C)[C@@](O)(O3)C(=O)C(=O)N3CCCCC3C(=O)O2)CC[C@H]1OCCCN1CCOCC1. The predicted molar refractivity (Wildman–Crippen MR) is 287 cm³/mol. The van der Waals surface area contributed by atoms with E-state index in [0.717, 1.165) is 57.7 Å². The van der Waals surface area contributed by atoms with Crippen molar-refractivity contribution in [3.05, 3.63) is 47.6 Å². The van der Waals surface area contributed by atoms with Crippen LogP contribution in [0.2, 0.25) is 0 Å². The zero-order valence-corrected chi connectivity index (χ0v) is 47.2. The summed E-state index contributed by atoms with van der Waals surface area (Å²) in [6.45, 7) is 17.5. The Balaban J connectivity index is 1.42. The minimum absolute atomic E-state index is 0.00927. The van der Waals surface area contributed by atoms with Gasteiger partial charge in [0.2, 0.25) is 5.79 Å². The lowest BCUT2D eigenvalue weighted by Gasteiger charge is -2.43. The second-order valence-electron chi connectivity index (χ2n) is 22.6. The fourth-order valence-corrected chi connectivity index (χ4v) is 11.8. The van der Waals surface area contributed by atoms with Crippen LogP contribution in [0.3, 0.4) is 0 Å². The summed E-state index contributed by atoms with van der Waals surface area (Å²) in [4.78, 5) is 75.3. The molecule has 4 aliphatic heterocycles. The Morgan fingerprint density at radius 3 is 2.29 bits per heavy atom. The molecular weight excluding hydrogens is 977 g/mol. The maximum atomic E-state index is 14.6. The fraction of sp³-hybridized carbons (Fsp3) is 0.780. The highest BCUT2D eigenvalue weighted by Crippen LogP contribution is 2.38. The number of rotatable bonds is 13. The number of fused-ring (bicyclic) bond motifs is 3. The van der Waals surface area contributed by atoms with E-state index in [4.69, 9.17) is 33.2 Å². The van der Waals surface area contributed by atoms with Crippen LogP contribution < -0.4 is 0 Å². The second-order valence-corrected chi connectivity index (χ2v) is 22.6. The minimum atomic E-state index is -2.48. The monoisotopic (exact) mass is 1070 g/mol. The number of amides is 1. The van der Waals surface area contributed by atoms with Crippen molar-refractivity contribution in [1.82, 2.24) is 9.80 Å². The second kappa shape index (κ2) is 31.3. The maximum Gasteiger partial charge on any atom is 0.329 e. The number of cyclic esters (lactones) is 1. The average Bonchev–Trinajstić information content (AvgIpc) is 3.43. The summed E-state index contributed by atoms with van der Waals surface area (Å²) in [5, 5.41) is 33.3. The van der Waals surface area contributed by atoms with E-state index in [-0.39, 0.29) is 80.5 Å². The largest absolute Gasteiger partial charge is 0.460 e. The van der Waals surface area contributed by atoms with Gasteiger partial charge in [-0.3, -0.25) is 24.1 Å². The number of piperidine rings is 1. The van der Waals surface area contributed by atoms with Crippen LogP contribution in [0.4, 0.5) is 0 Å². The van der Waals surface area contributed by atoms with Crippen molar-refractivity contribution >= 4 is 29.2 Å². The Morgan fingerprint density at radius 2 is 1.58 bits per heavy atom. The molecular formula is C59H94N2O15. The molecule has 17 nitrogen and oxygen atoms in total. The van der Waals surface area contributed by atoms with Gasteiger partial charge in [0.1, 0.15) is 30.1 Å². The molecule has 4 heterocycles. The van der Waals surface area contributed by atoms with Gasteiger partial charge in [0.25, 0.3) is 11.7 Å². The van der Waals surface area contributed by atoms with Gasteiger partial charge in [0, 0.05) is 77.6 Å². The van der Waals surface area contributed by atoms with E-state index in [2.05, 4.69) is 4.90 Å². The first-order valence-electron chi connectivity index (χ1n) is 28.4. The number of methoxy groups -OCH3 is 2. The summed E-state index contributed by atoms with van der Waals surface area (Å²) in [5.41, 5.74) is 1.19. The Labute approximate surface area is 453 Å². The van der Waals surface area contributed by atoms with Gasteiger partial charge in [-0.05, 0) is 113 Å². The molecule has 1 aliphatic carbocycles. The number of aliphatic hydroxyl groups excluding tert-OH is 2. The molecule has 5 rings (SSSR count). The third kappa shape index (κ3) is 18.0. The van der Waals surface area contributed by atoms with Gasteiger partial charge in [0.15, 0.2) is 5.78 Å². The number of hydrogen-bond acceptors (Lipinski definition) is 16. The van der Waals surface area contributed by atoms with Crippen molar-refractivity contribution in [3.63, 3.8) is 0 Å². The molecule has 1 saturated carbocycles. The standard InChI is InChI=1S/C59H94N2O15/c1-38-16-11-10-12-17-39(2)50(74-31-27-62)36-46-21-19-44(7)59(69,76-46)56(66)57(67)61-24-14-13-18-47(61)58(68)75-51(37-48(63)40(3)33-43(6)54(65)55(71-9)53(64)42(5)32-38)41(4)34-45-20-22-49(52(35-45)70-8)73-28-15-23-60-25-29-72-30-26-60/h10-12,16-17,33,38,40-42,44-47,49-52,54-55,62,65,69H,13-15,18-32,34-37H2,1-9H3/b12-10+,16-11+,39-17+,43-33+/t38-,40-,41-,42-,44-,45+,46+,47?,49-,50?,51+,52-,54-,55+,59-/m1/s1. The Hall–Kier alpha value is -3.49. The zero-order chi connectivity index (χ0) is 55.5. The van der Waals surface area contributed by atoms with Gasteiger partial charge in [-0.15, -0.1) is 0 Å². The quantitative estimate of drug-likeness (QED) is 0.0799. The van der Waals surface area contributed by atoms with Crippen molar-refractivity contribution in [2.75, 3.05) is 73.4 Å². The molecule has 0 spiro atoms. The molecule has 0 aromatic rings. The van der Waals surface area contributed by atoms with Crippen LogP contribution in [0.15, 0.2) is 47.6 Å². The first kappa shape index (κ1) is 63.3. The number of ketones is 3. The lowest BCUT2D eigenvalue weighted by Crippen LogP contribution is -2.61. The van der Waals surface area contributed by atoms with E-state index >= 15 is 0 Å². The normalized spacial score (nSPS) is 37.8. The van der Waals surface area contributed by atoms with Gasteiger partial charge >= 0.3 is 5.97 Å². The van der Waals surface area contributed by atoms with Crippen molar-refractivity contribution in [2.24, 2.45) is 35.5 Å². The molecule has 1 amide bonds. The Kier molecular flexibility index (Phi) is 26.1. The molecule has 0 radical (unpaired) electrons. The number of allylic oxidation sites excluding steroid dienone is 6. The molecule has 5 aliphatic rings. The van der Waals surface area contributed by atoms with Crippen LogP contribution in [0, 0.1) is 35.5 Å². The number of esters is 1. The van der Waals surface area contributed by atoms with Crippen LogP contribution in [0.5, 0.6) is 0 Å². The summed E-state index contributed by atoms with van der Waals surface area (Å²) < 4.78 is 42.2. The van der Waals surface area contributed by atoms with Crippen molar-refractivity contribution in [1.29, 1.82) is 0 Å². The van der Waals surface area contributed by atoms with Crippen LogP contribution in [0.1, 0.15) is 132 Å². The number of morpholine rings is 1. The van der Waals surface area contributed by atoms with Crippen LogP contribution in [0.25, 0.3) is 0 Å². The Bertz CT molecular complexity index is 2000. The van der Waals surface area contributed by atoms with E-state index in [1.165, 1.54) is 12.0 Å². The lowest BCUT2D eigenvalue weighted by atomic mass is 9.78. The van der Waals surface area contributed by atoms with E-state index in [0.29, 0.717) is 57.1 Å². The van der Waals surface area contributed by atoms with Gasteiger partial charge < -0.3 is 53.4 Å². The molecule has 2 unspecified atom stereocenters. The third-order valence-electron chi connectivity index (χ3n) is 16.6. The number of hydrogen-bond donors (Lipinski definition) is 3. The summed E-state index contributed by atoms with van der Waals surface area (Å²) >= 11 is 0. The Morgan fingerprint density at radius 1 is 0.829 bits per heavy atom. The highest BCUT2D eigenvalue weighted by Gasteiger charge is 2.53. The van der Waals surface area contributed by atoms with Crippen molar-refractivity contribution < 1.29 is 72.5 Å². The summed E-state index contributed by atoms with van der Waals surface area (Å²) in [5.74, 6) is -8.08. The third-order valence-corrected chi connectivity index (χ3v) is 16.6. The fourth-order valence-electron chi connectivity index (χ4n) is 11.8. The molecule has 0 aromatic heterocycles. The summed E-state index contributed by atoms with van der Waals surface area (Å²) in [6.07, 6.45) is 12.8. The molecule has 4 fully saturated rings. The average molecular weight is 1070 g/mol. The highest BCUT2D eigenvalue weighted by molar-refractivity contribution is 6.39. The smallest absolute Gasteiger partial charge is 0.329 e. The van der Waals surface area contributed by atoms with Gasteiger partial charge in [-0.2, -0.15) is 0 Å². The van der Waals surface area contributed by atoms with E-state index < -0.39 is 77.8 Å². The number of aliphatic hydroxyl groups is 3. The van der Waals surface area contributed by atoms with Crippen LogP contribution in [-0.2, 0) is 57.1 Å². The number of ether oxygens (including phenoxy) is 7. The van der Waals surface area contributed by atoms with E-state index in [1.54, 1.807) is 34.0 Å². The maximum absolute atomic E-state index is 14.6. The number of Topliss-reactive ketones (excluding diaryl/α,β-unsaturated/α-hetero) is 3. The molecule has 15 atom stereocenters. The van der Waals surface area contributed by atoms with Gasteiger partial charge in [-0.25, -0.2) is 4.79 Å². The minimum Gasteiger partial charge on any atom is -0.460 e. The van der Waals surface area contributed by atoms with Crippen molar-refractivity contribution in [2.45, 2.75) is 186 Å². The van der Waals surface area contributed by atoms with Crippen molar-refractivity contribution in [3.8, 4) is 0 Å². The zero-order valence-electron chi connectivity index (χ0n) is 47.2. The van der Waals surface area contributed by atoms with Crippen LogP contribution >= 0.6 is 0 Å². The van der Waals surface area contributed by atoms with Gasteiger partial charge in [-0.1, -0.05) is 71.1 Å².